The maximum atomic E-state index is 13.1. The summed E-state index contributed by atoms with van der Waals surface area (Å²) >= 11 is 6.53. The first kappa shape index (κ1) is 23.3. The fourth-order valence-corrected chi connectivity index (χ4v) is 4.31. The molecule has 0 radical (unpaired) electrons. The van der Waals surface area contributed by atoms with Crippen molar-refractivity contribution in [1.82, 2.24) is 25.6 Å². The van der Waals surface area contributed by atoms with E-state index >= 15 is 0 Å². The highest BCUT2D eigenvalue weighted by atomic mass is 32.1. The molecule has 8 nitrogen and oxygen atoms in total. The minimum Gasteiger partial charge on any atom is -0.497 e. The number of hydrazine groups is 1. The molecule has 34 heavy (non-hydrogen) atoms. The van der Waals surface area contributed by atoms with E-state index in [0.29, 0.717) is 15.5 Å². The maximum absolute atomic E-state index is 13.1. The number of H-pyrrole nitrogens is 1. The highest BCUT2D eigenvalue weighted by molar-refractivity contribution is 7.71. The van der Waals surface area contributed by atoms with Crippen molar-refractivity contribution >= 4 is 35.4 Å². The van der Waals surface area contributed by atoms with E-state index in [1.165, 1.54) is 23.5 Å². The van der Waals surface area contributed by atoms with Crippen molar-refractivity contribution in [2.24, 2.45) is 0 Å². The van der Waals surface area contributed by atoms with E-state index in [2.05, 4.69) is 21.0 Å². The Balaban J connectivity index is 1.33. The third kappa shape index (κ3) is 5.38. The summed E-state index contributed by atoms with van der Waals surface area (Å²) in [6, 6.07) is 16.8. The van der Waals surface area contributed by atoms with Crippen LogP contribution in [0.1, 0.15) is 16.1 Å². The quantitative estimate of drug-likeness (QED) is 0.261. The van der Waals surface area contributed by atoms with Crippen LogP contribution >= 0.6 is 23.6 Å². The first-order valence-electron chi connectivity index (χ1n) is 10.2. The molecule has 0 spiro atoms. The second-order valence-electron chi connectivity index (χ2n) is 7.16. The molecule has 0 atom stereocenters. The Bertz CT molecular complexity index is 1360. The summed E-state index contributed by atoms with van der Waals surface area (Å²) < 4.78 is 20.4. The zero-order valence-corrected chi connectivity index (χ0v) is 19.6. The highest BCUT2D eigenvalue weighted by Gasteiger charge is 2.14. The van der Waals surface area contributed by atoms with Crippen LogP contribution in [-0.2, 0) is 11.3 Å². The third-order valence-electron chi connectivity index (χ3n) is 4.94. The van der Waals surface area contributed by atoms with Crippen LogP contribution in [-0.4, -0.2) is 33.7 Å². The van der Waals surface area contributed by atoms with Crippen LogP contribution in [0.15, 0.2) is 60.7 Å². The molecule has 0 bridgehead atoms. The lowest BCUT2D eigenvalue weighted by Gasteiger charge is -2.09. The Hall–Kier alpha value is -3.83. The number of benzene rings is 2. The van der Waals surface area contributed by atoms with Gasteiger partial charge in [-0.2, -0.15) is 5.10 Å². The monoisotopic (exact) mass is 497 g/mol. The molecule has 0 fully saturated rings. The Labute approximate surface area is 203 Å². The van der Waals surface area contributed by atoms with Crippen LogP contribution in [0.2, 0.25) is 0 Å². The summed E-state index contributed by atoms with van der Waals surface area (Å²) in [5.74, 6) is 0.165. The molecule has 0 aliphatic rings. The lowest BCUT2D eigenvalue weighted by atomic mass is 10.2. The van der Waals surface area contributed by atoms with Gasteiger partial charge in [-0.25, -0.2) is 4.39 Å². The number of aromatic nitrogens is 3. The normalized spacial score (nSPS) is 10.6. The van der Waals surface area contributed by atoms with Crippen molar-refractivity contribution in [2.45, 2.75) is 13.0 Å². The molecule has 3 N–H and O–H groups in total. The Morgan fingerprint density at radius 2 is 1.76 bits per heavy atom. The maximum Gasteiger partial charge on any atom is 0.279 e. The number of carbonyl (C=O) groups excluding carboxylic acids is 2. The molecule has 0 aliphatic carbocycles. The van der Waals surface area contributed by atoms with E-state index in [4.69, 9.17) is 17.0 Å². The molecule has 0 saturated heterocycles. The lowest BCUT2D eigenvalue weighted by Crippen LogP contribution is -2.41. The SMILES string of the molecule is COc1ccc(-c2n[nH]c(=S)n2CCC(=O)NNC(=O)c2ccc(-c3ccc(F)cc3)s2)cc1. The van der Waals surface area contributed by atoms with Crippen molar-refractivity contribution in [3.63, 3.8) is 0 Å². The van der Waals surface area contributed by atoms with Crippen molar-refractivity contribution in [1.29, 1.82) is 0 Å². The van der Waals surface area contributed by atoms with E-state index in [1.807, 2.05) is 24.3 Å². The number of methoxy groups -OCH3 is 1. The van der Waals surface area contributed by atoms with Gasteiger partial charge in [0.15, 0.2) is 10.6 Å². The summed E-state index contributed by atoms with van der Waals surface area (Å²) in [4.78, 5) is 26.0. The van der Waals surface area contributed by atoms with Gasteiger partial charge in [0, 0.05) is 23.4 Å². The van der Waals surface area contributed by atoms with Crippen LogP contribution in [0.3, 0.4) is 0 Å². The van der Waals surface area contributed by atoms with Gasteiger partial charge in [0.2, 0.25) is 5.91 Å². The van der Waals surface area contributed by atoms with E-state index in [9.17, 15) is 14.0 Å². The number of nitrogens with one attached hydrogen (secondary N) is 3. The molecule has 2 aromatic carbocycles. The molecule has 11 heteroatoms. The summed E-state index contributed by atoms with van der Waals surface area (Å²) in [6.07, 6.45) is 0.0720. The van der Waals surface area contributed by atoms with Crippen LogP contribution in [0.25, 0.3) is 21.8 Å². The van der Waals surface area contributed by atoms with Crippen LogP contribution in [0.4, 0.5) is 4.39 Å². The molecule has 2 amide bonds. The van der Waals surface area contributed by atoms with E-state index in [1.54, 1.807) is 35.9 Å². The Morgan fingerprint density at radius 1 is 1.06 bits per heavy atom. The summed E-state index contributed by atoms with van der Waals surface area (Å²) in [5.41, 5.74) is 6.45. The number of nitrogens with zero attached hydrogens (tertiary/aromatic N) is 2. The van der Waals surface area contributed by atoms with E-state index in [0.717, 1.165) is 21.8 Å². The van der Waals surface area contributed by atoms with Gasteiger partial charge in [-0.1, -0.05) is 12.1 Å². The number of halogens is 1. The number of amides is 2. The topological polar surface area (TPSA) is 101 Å². The van der Waals surface area contributed by atoms with Crippen molar-refractivity contribution in [3.8, 4) is 27.6 Å². The third-order valence-corrected chi connectivity index (χ3v) is 6.39. The molecular formula is C23H20FN5O3S2. The molecule has 0 aliphatic heterocycles. The fraction of sp³-hybridized carbons (Fsp3) is 0.130. The molecule has 2 heterocycles. The van der Waals surface area contributed by atoms with Gasteiger partial charge in [0.05, 0.1) is 12.0 Å². The minimum absolute atomic E-state index is 0.0720. The number of thiophene rings is 1. The summed E-state index contributed by atoms with van der Waals surface area (Å²) in [7, 11) is 1.59. The van der Waals surface area contributed by atoms with Crippen LogP contribution in [0, 0.1) is 10.6 Å². The van der Waals surface area contributed by atoms with Crippen molar-refractivity contribution in [3.05, 3.63) is 76.1 Å². The Kier molecular flexibility index (Phi) is 7.14. The Morgan fingerprint density at radius 3 is 2.47 bits per heavy atom. The molecule has 4 aromatic rings. The number of aromatic amines is 1. The zero-order chi connectivity index (χ0) is 24.1. The van der Waals surface area contributed by atoms with Crippen LogP contribution in [0.5, 0.6) is 5.75 Å². The fourth-order valence-electron chi connectivity index (χ4n) is 3.18. The number of hydrogen-bond donors (Lipinski definition) is 3. The van der Waals surface area contributed by atoms with Gasteiger partial charge in [-0.15, -0.1) is 11.3 Å². The van der Waals surface area contributed by atoms with Gasteiger partial charge >= 0.3 is 0 Å². The highest BCUT2D eigenvalue weighted by Crippen LogP contribution is 2.28. The second kappa shape index (κ2) is 10.4. The average Bonchev–Trinajstić information content (AvgIpc) is 3.49. The molecule has 0 saturated carbocycles. The average molecular weight is 498 g/mol. The lowest BCUT2D eigenvalue weighted by molar-refractivity contribution is -0.122. The molecular weight excluding hydrogens is 477 g/mol. The van der Waals surface area contributed by atoms with Gasteiger partial charge in [-0.3, -0.25) is 30.1 Å². The van der Waals surface area contributed by atoms with Gasteiger partial charge in [-0.05, 0) is 66.3 Å². The molecule has 174 valence electrons. The standard InChI is InChI=1S/C23H20FN5O3S2/c1-32-17-8-4-15(5-9-17)21-26-28-23(33)29(21)13-12-20(30)25-27-22(31)19-11-10-18(34-19)14-2-6-16(24)7-3-14/h2-11H,12-13H2,1H3,(H,25,30)(H,27,31)(H,28,33). The molecule has 0 unspecified atom stereocenters. The molecule has 2 aromatic heterocycles. The predicted octanol–water partition coefficient (Wildman–Crippen LogP) is 4.34. The largest absolute Gasteiger partial charge is 0.497 e. The van der Waals surface area contributed by atoms with Crippen molar-refractivity contribution in [2.75, 3.05) is 7.11 Å². The summed E-state index contributed by atoms with van der Waals surface area (Å²) in [5, 5.41) is 6.99. The van der Waals surface area contributed by atoms with Gasteiger partial charge < -0.3 is 4.74 Å². The smallest absolute Gasteiger partial charge is 0.279 e. The molecule has 4 rings (SSSR count). The summed E-state index contributed by atoms with van der Waals surface area (Å²) in [6.45, 7) is 0.270. The second-order valence-corrected chi connectivity index (χ2v) is 8.63. The first-order chi connectivity index (χ1) is 16.4. The number of rotatable bonds is 7. The van der Waals surface area contributed by atoms with Gasteiger partial charge in [0.1, 0.15) is 11.6 Å². The number of ether oxygens (including phenoxy) is 1. The number of carbonyl (C=O) groups is 2. The first-order valence-corrected chi connectivity index (χ1v) is 11.4. The minimum atomic E-state index is -0.439. The van der Waals surface area contributed by atoms with Crippen molar-refractivity contribution < 1.29 is 18.7 Å². The number of hydrogen-bond acceptors (Lipinski definition) is 6. The predicted molar refractivity (Wildman–Crippen MR) is 129 cm³/mol. The van der Waals surface area contributed by atoms with E-state index in [-0.39, 0.29) is 24.7 Å². The van der Waals surface area contributed by atoms with Crippen LogP contribution < -0.4 is 15.6 Å². The van der Waals surface area contributed by atoms with E-state index < -0.39 is 5.91 Å². The van der Waals surface area contributed by atoms with Gasteiger partial charge in [0.25, 0.3) is 5.91 Å². The zero-order valence-electron chi connectivity index (χ0n) is 18.0.